The van der Waals surface area contributed by atoms with Crippen molar-refractivity contribution in [1.29, 1.82) is 0 Å². The zero-order valence-electron chi connectivity index (χ0n) is 10.6. The summed E-state index contributed by atoms with van der Waals surface area (Å²) in [7, 11) is 0. The van der Waals surface area contributed by atoms with Gasteiger partial charge in [-0.1, -0.05) is 11.6 Å². The van der Waals surface area contributed by atoms with Gasteiger partial charge in [-0.05, 0) is 32.0 Å². The molecule has 0 saturated heterocycles. The van der Waals surface area contributed by atoms with Gasteiger partial charge in [0.05, 0.1) is 11.9 Å². The third kappa shape index (κ3) is 2.61. The number of aliphatic carboxylic acids is 1. The standard InChI is InChI=1S/C13H13ClN2O3/c1-7(2)16-11-5-8(14)3-4-9(11)13(19)10(15-16)6-12(17)18/h3-5,7H,6H2,1-2H3,(H,17,18). The summed E-state index contributed by atoms with van der Waals surface area (Å²) >= 11 is 5.93. The molecule has 100 valence electrons. The van der Waals surface area contributed by atoms with Crippen LogP contribution in [0.5, 0.6) is 0 Å². The first kappa shape index (κ1) is 13.5. The van der Waals surface area contributed by atoms with Crippen molar-refractivity contribution in [3.05, 3.63) is 39.1 Å². The molecule has 0 aliphatic rings. The van der Waals surface area contributed by atoms with Crippen molar-refractivity contribution >= 4 is 28.5 Å². The fourth-order valence-electron chi connectivity index (χ4n) is 1.92. The number of carboxylic acids is 1. The number of halogens is 1. The molecule has 0 saturated carbocycles. The molecule has 0 unspecified atom stereocenters. The molecule has 0 atom stereocenters. The van der Waals surface area contributed by atoms with Crippen LogP contribution >= 0.6 is 11.6 Å². The summed E-state index contributed by atoms with van der Waals surface area (Å²) in [6, 6.07) is 4.87. The van der Waals surface area contributed by atoms with Gasteiger partial charge in [-0.2, -0.15) is 5.10 Å². The molecule has 0 aliphatic carbocycles. The van der Waals surface area contributed by atoms with Crippen molar-refractivity contribution in [2.75, 3.05) is 0 Å². The van der Waals surface area contributed by atoms with Crippen LogP contribution in [0.4, 0.5) is 0 Å². The molecule has 2 rings (SSSR count). The number of nitrogens with zero attached hydrogens (tertiary/aromatic N) is 2. The highest BCUT2D eigenvalue weighted by molar-refractivity contribution is 6.31. The molecule has 1 aromatic heterocycles. The van der Waals surface area contributed by atoms with Crippen molar-refractivity contribution in [3.63, 3.8) is 0 Å². The Hall–Kier alpha value is -1.88. The van der Waals surface area contributed by atoms with Gasteiger partial charge in [-0.3, -0.25) is 14.3 Å². The summed E-state index contributed by atoms with van der Waals surface area (Å²) < 4.78 is 1.63. The molecule has 1 N–H and O–H groups in total. The summed E-state index contributed by atoms with van der Waals surface area (Å²) in [6.07, 6.45) is -0.385. The number of aromatic nitrogens is 2. The first-order valence-corrected chi connectivity index (χ1v) is 6.20. The van der Waals surface area contributed by atoms with E-state index >= 15 is 0 Å². The van der Waals surface area contributed by atoms with Crippen LogP contribution < -0.4 is 5.43 Å². The van der Waals surface area contributed by atoms with Gasteiger partial charge in [0.1, 0.15) is 5.69 Å². The van der Waals surface area contributed by atoms with E-state index in [1.165, 1.54) is 0 Å². The van der Waals surface area contributed by atoms with Crippen LogP contribution in [0.25, 0.3) is 10.9 Å². The van der Waals surface area contributed by atoms with E-state index in [-0.39, 0.29) is 23.6 Å². The predicted molar refractivity (Wildman–Crippen MR) is 72.7 cm³/mol. The van der Waals surface area contributed by atoms with Crippen LogP contribution in [-0.2, 0) is 11.2 Å². The molecule has 0 fully saturated rings. The van der Waals surface area contributed by atoms with Gasteiger partial charge in [0, 0.05) is 16.5 Å². The van der Waals surface area contributed by atoms with E-state index in [1.54, 1.807) is 22.9 Å². The van der Waals surface area contributed by atoms with E-state index in [1.807, 2.05) is 13.8 Å². The monoisotopic (exact) mass is 280 g/mol. The molecule has 1 heterocycles. The maximum absolute atomic E-state index is 12.2. The molecule has 1 aromatic carbocycles. The van der Waals surface area contributed by atoms with E-state index in [2.05, 4.69) is 5.10 Å². The van der Waals surface area contributed by atoms with Crippen LogP contribution in [0.2, 0.25) is 5.02 Å². The second-order valence-corrected chi connectivity index (χ2v) is 4.98. The second-order valence-electron chi connectivity index (χ2n) is 4.55. The average Bonchev–Trinajstić information content (AvgIpc) is 2.31. The van der Waals surface area contributed by atoms with Gasteiger partial charge in [0.15, 0.2) is 0 Å². The lowest BCUT2D eigenvalue weighted by Crippen LogP contribution is -2.22. The Morgan fingerprint density at radius 3 is 2.74 bits per heavy atom. The number of rotatable bonds is 3. The van der Waals surface area contributed by atoms with E-state index in [4.69, 9.17) is 16.7 Å². The molecule has 0 aliphatic heterocycles. The first-order chi connectivity index (χ1) is 8.90. The maximum atomic E-state index is 12.2. The lowest BCUT2D eigenvalue weighted by Gasteiger charge is -2.14. The molecule has 0 spiro atoms. The molecule has 2 aromatic rings. The summed E-state index contributed by atoms with van der Waals surface area (Å²) in [5.74, 6) is -1.08. The van der Waals surface area contributed by atoms with Crippen LogP contribution in [0.3, 0.4) is 0 Å². The molecular formula is C13H13ClN2O3. The van der Waals surface area contributed by atoms with Crippen molar-refractivity contribution in [2.24, 2.45) is 0 Å². The summed E-state index contributed by atoms with van der Waals surface area (Å²) in [5.41, 5.74) is 0.295. The van der Waals surface area contributed by atoms with Crippen molar-refractivity contribution in [2.45, 2.75) is 26.3 Å². The topological polar surface area (TPSA) is 72.2 Å². The smallest absolute Gasteiger partial charge is 0.309 e. The fraction of sp³-hybridized carbons (Fsp3) is 0.308. The third-order valence-corrected chi connectivity index (χ3v) is 2.98. The summed E-state index contributed by atoms with van der Waals surface area (Å²) in [5, 5.41) is 13.9. The number of carboxylic acid groups (broad SMARTS) is 1. The zero-order valence-corrected chi connectivity index (χ0v) is 11.3. The second kappa shape index (κ2) is 5.01. The van der Waals surface area contributed by atoms with E-state index in [0.717, 1.165) is 0 Å². The Bertz CT molecular complexity index is 707. The van der Waals surface area contributed by atoms with Crippen LogP contribution in [0, 0.1) is 0 Å². The number of hydrogen-bond donors (Lipinski definition) is 1. The maximum Gasteiger partial charge on any atom is 0.309 e. The molecule has 5 nitrogen and oxygen atoms in total. The highest BCUT2D eigenvalue weighted by atomic mass is 35.5. The van der Waals surface area contributed by atoms with E-state index in [9.17, 15) is 9.59 Å². The van der Waals surface area contributed by atoms with Crippen LogP contribution in [0.15, 0.2) is 23.0 Å². The Kier molecular flexibility index (Phi) is 3.57. The van der Waals surface area contributed by atoms with Crippen LogP contribution in [0.1, 0.15) is 25.6 Å². The number of fused-ring (bicyclic) bond motifs is 1. The molecule has 0 radical (unpaired) electrons. The predicted octanol–water partition coefficient (Wildman–Crippen LogP) is 2.26. The number of benzene rings is 1. The quantitative estimate of drug-likeness (QED) is 0.936. The Labute approximate surface area is 114 Å². The van der Waals surface area contributed by atoms with Gasteiger partial charge in [0.2, 0.25) is 5.43 Å². The van der Waals surface area contributed by atoms with Gasteiger partial charge >= 0.3 is 5.97 Å². The summed E-state index contributed by atoms with van der Waals surface area (Å²) in [4.78, 5) is 23.0. The minimum Gasteiger partial charge on any atom is -0.481 e. The minimum absolute atomic E-state index is 0.00545. The minimum atomic E-state index is -1.08. The van der Waals surface area contributed by atoms with Crippen molar-refractivity contribution in [1.82, 2.24) is 9.78 Å². The SMILES string of the molecule is CC(C)n1nc(CC(=O)O)c(=O)c2ccc(Cl)cc21. The van der Waals surface area contributed by atoms with E-state index in [0.29, 0.717) is 15.9 Å². The highest BCUT2D eigenvalue weighted by Gasteiger charge is 2.15. The Balaban J connectivity index is 2.82. The van der Waals surface area contributed by atoms with Gasteiger partial charge in [-0.15, -0.1) is 0 Å². The first-order valence-electron chi connectivity index (χ1n) is 5.83. The molecule has 0 bridgehead atoms. The highest BCUT2D eigenvalue weighted by Crippen LogP contribution is 2.19. The average molecular weight is 281 g/mol. The molecular weight excluding hydrogens is 268 g/mol. The third-order valence-electron chi connectivity index (χ3n) is 2.75. The normalized spacial score (nSPS) is 11.2. The molecule has 6 heteroatoms. The Morgan fingerprint density at radius 1 is 1.47 bits per heavy atom. The van der Waals surface area contributed by atoms with Crippen LogP contribution in [-0.4, -0.2) is 20.9 Å². The van der Waals surface area contributed by atoms with E-state index < -0.39 is 5.97 Å². The Morgan fingerprint density at radius 2 is 2.16 bits per heavy atom. The zero-order chi connectivity index (χ0) is 14.2. The lowest BCUT2D eigenvalue weighted by molar-refractivity contribution is -0.136. The largest absolute Gasteiger partial charge is 0.481 e. The fourth-order valence-corrected chi connectivity index (χ4v) is 2.09. The van der Waals surface area contributed by atoms with Gasteiger partial charge in [0.25, 0.3) is 0 Å². The lowest BCUT2D eigenvalue weighted by atomic mass is 10.1. The number of carbonyl (C=O) groups is 1. The summed E-state index contributed by atoms with van der Waals surface area (Å²) in [6.45, 7) is 3.81. The van der Waals surface area contributed by atoms with Gasteiger partial charge < -0.3 is 5.11 Å². The van der Waals surface area contributed by atoms with Gasteiger partial charge in [-0.25, -0.2) is 0 Å². The molecule has 0 amide bonds. The van der Waals surface area contributed by atoms with Crippen molar-refractivity contribution < 1.29 is 9.90 Å². The number of hydrogen-bond acceptors (Lipinski definition) is 3. The molecule has 19 heavy (non-hydrogen) atoms. The van der Waals surface area contributed by atoms with Crippen molar-refractivity contribution in [3.8, 4) is 0 Å².